The summed E-state index contributed by atoms with van der Waals surface area (Å²) in [5.74, 6) is 1.58. The van der Waals surface area contributed by atoms with E-state index in [-0.39, 0.29) is 5.41 Å². The fourth-order valence-corrected chi connectivity index (χ4v) is 3.80. The summed E-state index contributed by atoms with van der Waals surface area (Å²) in [5.41, 5.74) is 1.32. The fourth-order valence-electron chi connectivity index (χ4n) is 3.80. The second-order valence-corrected chi connectivity index (χ2v) is 5.97. The van der Waals surface area contributed by atoms with Crippen molar-refractivity contribution in [2.75, 3.05) is 6.79 Å². The van der Waals surface area contributed by atoms with Crippen LogP contribution >= 0.6 is 0 Å². The third-order valence-electron chi connectivity index (χ3n) is 4.91. The van der Waals surface area contributed by atoms with Crippen molar-refractivity contribution >= 4 is 0 Å². The molecule has 3 heteroatoms. The SMILES string of the molecule is N#CC1(c2ccc3c(c2)OCO3)CC2(CCC2)C1. The molecule has 0 radical (unpaired) electrons. The monoisotopic (exact) mass is 241 g/mol. The second-order valence-electron chi connectivity index (χ2n) is 5.97. The van der Waals surface area contributed by atoms with E-state index in [9.17, 15) is 5.26 Å². The number of fused-ring (bicyclic) bond motifs is 1. The largest absolute Gasteiger partial charge is 0.454 e. The number of hydrogen-bond donors (Lipinski definition) is 0. The van der Waals surface area contributed by atoms with Crippen LogP contribution in [0.1, 0.15) is 37.7 Å². The highest BCUT2D eigenvalue weighted by Gasteiger charge is 2.58. The number of rotatable bonds is 1. The van der Waals surface area contributed by atoms with Gasteiger partial charge in [-0.2, -0.15) is 5.26 Å². The molecule has 3 aliphatic rings. The Bertz CT molecular complexity index is 546. The van der Waals surface area contributed by atoms with E-state index in [1.165, 1.54) is 19.3 Å². The summed E-state index contributed by atoms with van der Waals surface area (Å²) < 4.78 is 10.7. The van der Waals surface area contributed by atoms with Crippen LogP contribution in [0.15, 0.2) is 18.2 Å². The molecule has 0 saturated heterocycles. The summed E-state index contributed by atoms with van der Waals surface area (Å²) in [7, 11) is 0. The first-order chi connectivity index (χ1) is 8.75. The Morgan fingerprint density at radius 1 is 1.11 bits per heavy atom. The van der Waals surface area contributed by atoms with Gasteiger partial charge in [-0.05, 0) is 48.8 Å². The zero-order valence-corrected chi connectivity index (χ0v) is 10.2. The van der Waals surface area contributed by atoms with E-state index in [2.05, 4.69) is 6.07 Å². The summed E-state index contributed by atoms with van der Waals surface area (Å²) in [6, 6.07) is 8.51. The van der Waals surface area contributed by atoms with Crippen molar-refractivity contribution in [3.05, 3.63) is 23.8 Å². The van der Waals surface area contributed by atoms with E-state index >= 15 is 0 Å². The van der Waals surface area contributed by atoms with Crippen LogP contribution in [-0.2, 0) is 5.41 Å². The van der Waals surface area contributed by atoms with Gasteiger partial charge in [-0.3, -0.25) is 0 Å². The molecule has 3 nitrogen and oxygen atoms in total. The maximum Gasteiger partial charge on any atom is 0.231 e. The zero-order chi connectivity index (χ0) is 12.2. The van der Waals surface area contributed by atoms with Crippen molar-refractivity contribution in [3.8, 4) is 17.6 Å². The molecule has 1 aliphatic heterocycles. The Kier molecular flexibility index (Phi) is 1.82. The van der Waals surface area contributed by atoms with Crippen LogP contribution in [0.3, 0.4) is 0 Å². The number of nitrogens with zero attached hydrogens (tertiary/aromatic N) is 1. The number of hydrogen-bond acceptors (Lipinski definition) is 3. The van der Waals surface area contributed by atoms with Crippen LogP contribution < -0.4 is 9.47 Å². The van der Waals surface area contributed by atoms with Crippen LogP contribution in [0.25, 0.3) is 0 Å². The zero-order valence-electron chi connectivity index (χ0n) is 10.2. The number of nitriles is 1. The van der Waals surface area contributed by atoms with Crippen molar-refractivity contribution in [2.45, 2.75) is 37.5 Å². The minimum absolute atomic E-state index is 0.276. The van der Waals surface area contributed by atoms with Gasteiger partial charge in [-0.1, -0.05) is 12.5 Å². The summed E-state index contributed by atoms with van der Waals surface area (Å²) >= 11 is 0. The molecule has 2 aliphatic carbocycles. The average Bonchev–Trinajstić information content (AvgIpc) is 2.74. The molecule has 0 bridgehead atoms. The lowest BCUT2D eigenvalue weighted by Crippen LogP contribution is -2.52. The molecule has 4 rings (SSSR count). The smallest absolute Gasteiger partial charge is 0.231 e. The lowest BCUT2D eigenvalue weighted by Gasteiger charge is -2.58. The molecule has 1 spiro atoms. The molecule has 1 heterocycles. The van der Waals surface area contributed by atoms with Gasteiger partial charge in [0.1, 0.15) is 0 Å². The Morgan fingerprint density at radius 3 is 2.56 bits per heavy atom. The van der Waals surface area contributed by atoms with Crippen molar-refractivity contribution in [3.63, 3.8) is 0 Å². The van der Waals surface area contributed by atoms with E-state index in [1.807, 2.05) is 18.2 Å². The molecular weight excluding hydrogens is 226 g/mol. The molecule has 18 heavy (non-hydrogen) atoms. The van der Waals surface area contributed by atoms with E-state index in [0.717, 1.165) is 29.9 Å². The molecule has 0 aromatic heterocycles. The molecule has 2 saturated carbocycles. The van der Waals surface area contributed by atoms with E-state index in [4.69, 9.17) is 9.47 Å². The Balaban J connectivity index is 1.68. The summed E-state index contributed by atoms with van der Waals surface area (Å²) in [6.45, 7) is 0.294. The Hall–Kier alpha value is -1.69. The van der Waals surface area contributed by atoms with Crippen LogP contribution in [0.2, 0.25) is 0 Å². The van der Waals surface area contributed by atoms with Gasteiger partial charge in [0, 0.05) is 0 Å². The second kappa shape index (κ2) is 3.20. The normalized spacial score (nSPS) is 25.1. The van der Waals surface area contributed by atoms with Gasteiger partial charge < -0.3 is 9.47 Å². The molecule has 0 N–H and O–H groups in total. The third kappa shape index (κ3) is 1.18. The van der Waals surface area contributed by atoms with Gasteiger partial charge in [0.15, 0.2) is 11.5 Å². The van der Waals surface area contributed by atoms with Gasteiger partial charge in [-0.25, -0.2) is 0 Å². The molecule has 2 fully saturated rings. The molecule has 92 valence electrons. The highest BCUT2D eigenvalue weighted by Crippen LogP contribution is 2.65. The molecule has 1 aromatic carbocycles. The average molecular weight is 241 g/mol. The fraction of sp³-hybridized carbons (Fsp3) is 0.533. The van der Waals surface area contributed by atoms with Gasteiger partial charge >= 0.3 is 0 Å². The van der Waals surface area contributed by atoms with Gasteiger partial charge in [0.25, 0.3) is 0 Å². The Morgan fingerprint density at radius 2 is 1.89 bits per heavy atom. The lowest BCUT2D eigenvalue weighted by atomic mass is 9.44. The minimum atomic E-state index is -0.276. The van der Waals surface area contributed by atoms with Crippen LogP contribution in [0.4, 0.5) is 0 Å². The lowest BCUT2D eigenvalue weighted by molar-refractivity contribution is -0.0227. The van der Waals surface area contributed by atoms with Crippen LogP contribution in [-0.4, -0.2) is 6.79 Å². The van der Waals surface area contributed by atoms with Crippen molar-refractivity contribution < 1.29 is 9.47 Å². The third-order valence-corrected chi connectivity index (χ3v) is 4.91. The predicted molar refractivity (Wildman–Crippen MR) is 65.4 cm³/mol. The molecule has 0 atom stereocenters. The van der Waals surface area contributed by atoms with Crippen LogP contribution in [0.5, 0.6) is 11.5 Å². The molecule has 1 aromatic rings. The number of ether oxygens (including phenoxy) is 2. The molecular formula is C15H15NO2. The van der Waals surface area contributed by atoms with Crippen molar-refractivity contribution in [1.29, 1.82) is 5.26 Å². The van der Waals surface area contributed by atoms with Gasteiger partial charge in [0.05, 0.1) is 11.5 Å². The quantitative estimate of drug-likeness (QED) is 0.758. The molecule has 0 amide bonds. The first-order valence-corrected chi connectivity index (χ1v) is 6.57. The van der Waals surface area contributed by atoms with Gasteiger partial charge in [-0.15, -0.1) is 0 Å². The highest BCUT2D eigenvalue weighted by atomic mass is 16.7. The van der Waals surface area contributed by atoms with Gasteiger partial charge in [0.2, 0.25) is 6.79 Å². The van der Waals surface area contributed by atoms with E-state index < -0.39 is 0 Å². The summed E-state index contributed by atoms with van der Waals surface area (Å²) in [4.78, 5) is 0. The summed E-state index contributed by atoms with van der Waals surface area (Å²) in [6.07, 6.45) is 6.00. The van der Waals surface area contributed by atoms with Crippen molar-refractivity contribution in [1.82, 2.24) is 0 Å². The highest BCUT2D eigenvalue weighted by molar-refractivity contribution is 5.50. The van der Waals surface area contributed by atoms with Crippen LogP contribution in [0, 0.1) is 16.7 Å². The van der Waals surface area contributed by atoms with E-state index in [0.29, 0.717) is 12.2 Å². The summed E-state index contributed by atoms with van der Waals surface area (Å²) in [5, 5.41) is 9.57. The van der Waals surface area contributed by atoms with Crippen molar-refractivity contribution in [2.24, 2.45) is 5.41 Å². The number of benzene rings is 1. The topological polar surface area (TPSA) is 42.2 Å². The first-order valence-electron chi connectivity index (χ1n) is 6.57. The maximum atomic E-state index is 9.57. The standard InChI is InChI=1S/C15H15NO2/c16-9-15(7-14(8-15)4-1-5-14)11-2-3-12-13(6-11)18-10-17-12/h2-3,6H,1,4-5,7-8,10H2. The molecule has 0 unspecified atom stereocenters. The predicted octanol–water partition coefficient (Wildman–Crippen LogP) is 3.14. The minimum Gasteiger partial charge on any atom is -0.454 e. The Labute approximate surface area is 106 Å². The maximum absolute atomic E-state index is 9.57. The first kappa shape index (κ1) is 10.3. The van der Waals surface area contributed by atoms with E-state index in [1.54, 1.807) is 0 Å².